The van der Waals surface area contributed by atoms with Gasteiger partial charge in [0.25, 0.3) is 0 Å². The number of ketones is 1. The molecule has 0 bridgehead atoms. The molecule has 0 aromatic rings. The number of nitrogens with one attached hydrogen (secondary N) is 1. The van der Waals surface area contributed by atoms with E-state index in [4.69, 9.17) is 11.5 Å². The maximum absolute atomic E-state index is 10.9. The van der Waals surface area contributed by atoms with Crippen LogP contribution in [0.5, 0.6) is 0 Å². The van der Waals surface area contributed by atoms with E-state index in [1.54, 1.807) is 6.92 Å². The normalized spacial score (nSPS) is 11.6. The molecule has 136 valence electrons. The maximum Gasteiger partial charge on any atom is 0.146 e. The molecule has 5 N–H and O–H groups in total. The fourth-order valence-electron chi connectivity index (χ4n) is 1.20. The monoisotopic (exact) mass is 431 g/mol. The summed E-state index contributed by atoms with van der Waals surface area (Å²) in [4.78, 5) is 22.7. The fourth-order valence-corrected chi connectivity index (χ4v) is 1.20. The molecular weight excluding hydrogens is 393 g/mol. The minimum Gasteiger partial charge on any atom is -0.330 e. The molecule has 0 radical (unpaired) electrons. The van der Waals surface area contributed by atoms with Crippen LogP contribution in [0.1, 0.15) is 53.9 Å². The quantitative estimate of drug-likeness (QED) is 0.238. The zero-order valence-corrected chi connectivity index (χ0v) is 17.6. The SMILES string of the molecule is CC.CC(C)C(N)C=O.CI.CNC(CCCCN)C(C)=O. The van der Waals surface area contributed by atoms with Crippen molar-refractivity contribution in [3.8, 4) is 0 Å². The topological polar surface area (TPSA) is 98.2 Å². The van der Waals surface area contributed by atoms with Gasteiger partial charge in [-0.05, 0) is 44.2 Å². The van der Waals surface area contributed by atoms with E-state index in [0.29, 0.717) is 6.54 Å². The van der Waals surface area contributed by atoms with Crippen molar-refractivity contribution in [3.63, 3.8) is 0 Å². The molecule has 0 aliphatic carbocycles. The smallest absolute Gasteiger partial charge is 0.146 e. The third-order valence-corrected chi connectivity index (χ3v) is 2.71. The van der Waals surface area contributed by atoms with Gasteiger partial charge in [0.1, 0.15) is 12.1 Å². The molecule has 0 saturated heterocycles. The van der Waals surface area contributed by atoms with Gasteiger partial charge in [0.2, 0.25) is 0 Å². The molecule has 5 nitrogen and oxygen atoms in total. The Hall–Kier alpha value is -0.0500. The minimum absolute atomic E-state index is 0.0292. The van der Waals surface area contributed by atoms with Gasteiger partial charge in [-0.2, -0.15) is 0 Å². The average molecular weight is 431 g/mol. The van der Waals surface area contributed by atoms with E-state index in [1.807, 2.05) is 39.7 Å². The number of hydrogen-bond donors (Lipinski definition) is 3. The Morgan fingerprint density at radius 1 is 1.23 bits per heavy atom. The lowest BCUT2D eigenvalue weighted by Gasteiger charge is -2.11. The molecule has 0 rings (SSSR count). The summed E-state index contributed by atoms with van der Waals surface area (Å²) in [5, 5.41) is 2.97. The zero-order valence-electron chi connectivity index (χ0n) is 15.5. The fraction of sp³-hybridized carbons (Fsp3) is 0.875. The van der Waals surface area contributed by atoms with Gasteiger partial charge in [-0.15, -0.1) is 0 Å². The van der Waals surface area contributed by atoms with Gasteiger partial charge in [0.15, 0.2) is 0 Å². The van der Waals surface area contributed by atoms with Crippen molar-refractivity contribution in [1.29, 1.82) is 0 Å². The summed E-state index contributed by atoms with van der Waals surface area (Å²) in [6.45, 7) is 10.2. The van der Waals surface area contributed by atoms with Crippen LogP contribution in [0.2, 0.25) is 0 Å². The first-order valence-electron chi connectivity index (χ1n) is 7.87. The number of unbranched alkanes of at least 4 members (excludes halogenated alkanes) is 1. The standard InChI is InChI=1S/C8H18N2O.C5H11NO.C2H6.CH3I/c1-7(11)8(10-2)5-3-4-6-9;1-4(2)5(6)3-7;2*1-2/h8,10H,3-6,9H2,1-2H3;3-5H,6H2,1-2H3;1-2H3;1H3. The van der Waals surface area contributed by atoms with Crippen molar-refractivity contribution in [3.05, 3.63) is 0 Å². The Morgan fingerprint density at radius 2 is 1.68 bits per heavy atom. The van der Waals surface area contributed by atoms with Crippen molar-refractivity contribution in [2.75, 3.05) is 18.5 Å². The Labute approximate surface area is 151 Å². The molecule has 0 aromatic carbocycles. The number of hydrogen-bond acceptors (Lipinski definition) is 5. The number of rotatable bonds is 8. The first-order chi connectivity index (χ1) is 10.4. The maximum atomic E-state index is 10.9. The predicted octanol–water partition coefficient (Wildman–Crippen LogP) is 2.54. The molecule has 0 aliphatic rings. The van der Waals surface area contributed by atoms with E-state index >= 15 is 0 Å². The highest BCUT2D eigenvalue weighted by atomic mass is 127. The number of carbonyl (C=O) groups is 2. The molecule has 0 aromatic heterocycles. The van der Waals surface area contributed by atoms with Crippen LogP contribution in [0.4, 0.5) is 0 Å². The molecule has 0 aliphatic heterocycles. The van der Waals surface area contributed by atoms with Gasteiger partial charge >= 0.3 is 0 Å². The predicted molar refractivity (Wildman–Crippen MR) is 107 cm³/mol. The van der Waals surface area contributed by atoms with E-state index < -0.39 is 0 Å². The lowest BCUT2D eigenvalue weighted by Crippen LogP contribution is -2.32. The highest BCUT2D eigenvalue weighted by Gasteiger charge is 2.09. The number of likely N-dealkylation sites (N-methyl/N-ethyl adjacent to an activating group) is 1. The second-order valence-corrected chi connectivity index (χ2v) is 4.69. The van der Waals surface area contributed by atoms with E-state index in [-0.39, 0.29) is 23.8 Å². The molecule has 2 unspecified atom stereocenters. The Kier molecular flexibility index (Phi) is 35.2. The van der Waals surface area contributed by atoms with E-state index in [9.17, 15) is 9.59 Å². The van der Waals surface area contributed by atoms with Crippen LogP contribution in [0.25, 0.3) is 0 Å². The summed E-state index contributed by atoms with van der Waals surface area (Å²) in [7, 11) is 1.81. The second kappa shape index (κ2) is 25.9. The van der Waals surface area contributed by atoms with Crippen LogP contribution in [0.3, 0.4) is 0 Å². The first kappa shape index (κ1) is 29.9. The number of Topliss-reactive ketones (excluding diaryl/α,β-unsaturated/α-hetero) is 1. The summed E-state index contributed by atoms with van der Waals surface area (Å²) in [6.07, 6.45) is 3.71. The molecule has 0 amide bonds. The van der Waals surface area contributed by atoms with Gasteiger partial charge in [-0.3, -0.25) is 4.79 Å². The molecule has 6 heteroatoms. The van der Waals surface area contributed by atoms with Gasteiger partial charge in [-0.1, -0.05) is 56.7 Å². The zero-order chi connectivity index (χ0) is 18.6. The number of nitrogens with two attached hydrogens (primary N) is 2. The average Bonchev–Trinajstić information content (AvgIpc) is 2.54. The van der Waals surface area contributed by atoms with Crippen LogP contribution in [-0.2, 0) is 9.59 Å². The lowest BCUT2D eigenvalue weighted by molar-refractivity contribution is -0.119. The van der Waals surface area contributed by atoms with Crippen molar-refractivity contribution in [2.24, 2.45) is 17.4 Å². The van der Waals surface area contributed by atoms with Crippen molar-refractivity contribution in [2.45, 2.75) is 66.0 Å². The molecule has 0 saturated carbocycles. The summed E-state index contributed by atoms with van der Waals surface area (Å²) in [6, 6.07) is -0.249. The molecule has 0 fully saturated rings. The molecule has 2 atom stereocenters. The number of aldehydes is 1. The van der Waals surface area contributed by atoms with Crippen LogP contribution in [-0.4, -0.2) is 42.7 Å². The van der Waals surface area contributed by atoms with E-state index in [2.05, 4.69) is 27.9 Å². The summed E-state index contributed by atoms with van der Waals surface area (Å²) >= 11 is 2.15. The number of alkyl halides is 1. The van der Waals surface area contributed by atoms with Gasteiger partial charge < -0.3 is 21.6 Å². The van der Waals surface area contributed by atoms with Gasteiger partial charge in [-0.25, -0.2) is 0 Å². The Morgan fingerprint density at radius 3 is 1.86 bits per heavy atom. The lowest BCUT2D eigenvalue weighted by atomic mass is 10.1. The third kappa shape index (κ3) is 24.9. The minimum atomic E-state index is -0.278. The molecule has 22 heavy (non-hydrogen) atoms. The first-order valence-corrected chi connectivity index (χ1v) is 10.0. The number of halogens is 1. The van der Waals surface area contributed by atoms with Crippen molar-refractivity contribution in [1.82, 2.24) is 5.32 Å². The van der Waals surface area contributed by atoms with Crippen LogP contribution < -0.4 is 16.8 Å². The Bertz CT molecular complexity index is 227. The van der Waals surface area contributed by atoms with E-state index in [0.717, 1.165) is 25.5 Å². The summed E-state index contributed by atoms with van der Waals surface area (Å²) in [5.41, 5.74) is 10.6. The van der Waals surface area contributed by atoms with Gasteiger partial charge in [0.05, 0.1) is 12.1 Å². The van der Waals surface area contributed by atoms with E-state index in [1.165, 1.54) is 0 Å². The summed E-state index contributed by atoms with van der Waals surface area (Å²) in [5.74, 6) is 0.488. The number of carbonyl (C=O) groups excluding carboxylic acids is 2. The molecule has 0 heterocycles. The van der Waals surface area contributed by atoms with Crippen LogP contribution >= 0.6 is 22.6 Å². The van der Waals surface area contributed by atoms with Crippen LogP contribution in [0, 0.1) is 5.92 Å². The van der Waals surface area contributed by atoms with Gasteiger partial charge in [0, 0.05) is 0 Å². The Balaban J connectivity index is -0.000000127. The van der Waals surface area contributed by atoms with Crippen LogP contribution in [0.15, 0.2) is 0 Å². The second-order valence-electron chi connectivity index (χ2n) is 4.69. The highest BCUT2D eigenvalue weighted by Crippen LogP contribution is 2.00. The molecular formula is C16H38IN3O2. The molecule has 0 spiro atoms. The largest absolute Gasteiger partial charge is 0.330 e. The summed E-state index contributed by atoms with van der Waals surface area (Å²) < 4.78 is 0. The third-order valence-electron chi connectivity index (χ3n) is 2.71. The van der Waals surface area contributed by atoms with Crippen molar-refractivity contribution >= 4 is 34.7 Å². The highest BCUT2D eigenvalue weighted by molar-refractivity contribution is 14.1. The van der Waals surface area contributed by atoms with Crippen molar-refractivity contribution < 1.29 is 9.59 Å².